The molecule has 0 amide bonds. The Balaban J connectivity index is 1.62. The fourth-order valence-corrected chi connectivity index (χ4v) is 3.61. The molecule has 0 radical (unpaired) electrons. The molecule has 4 rings (SSSR count). The maximum absolute atomic E-state index is 12.2. The average Bonchev–Trinajstić information content (AvgIpc) is 3.21. The number of hydrogen-bond donors (Lipinski definition) is 0. The Morgan fingerprint density at radius 3 is 2.40 bits per heavy atom. The highest BCUT2D eigenvalue weighted by molar-refractivity contribution is 6.32. The van der Waals surface area contributed by atoms with Gasteiger partial charge >= 0.3 is 5.69 Å². The van der Waals surface area contributed by atoms with E-state index in [4.69, 9.17) is 27.9 Å². The molecule has 30 heavy (non-hydrogen) atoms. The lowest BCUT2D eigenvalue weighted by Gasteiger charge is -2.13. The number of aromatic nitrogens is 6. The lowest BCUT2D eigenvalue weighted by atomic mass is 10.2. The molecule has 0 aliphatic heterocycles. The van der Waals surface area contributed by atoms with Crippen LogP contribution in [-0.4, -0.2) is 29.6 Å². The van der Waals surface area contributed by atoms with Gasteiger partial charge in [-0.15, -0.1) is 0 Å². The number of benzene rings is 2. The molecule has 2 heterocycles. The molecule has 0 N–H and O–H groups in total. The number of ether oxygens (including phenoxy) is 1. The van der Waals surface area contributed by atoms with Crippen molar-refractivity contribution in [1.29, 1.82) is 0 Å². The molecule has 8 nitrogen and oxygen atoms in total. The quantitative estimate of drug-likeness (QED) is 0.469. The van der Waals surface area contributed by atoms with Crippen molar-refractivity contribution in [2.45, 2.75) is 20.5 Å². The Hall–Kier alpha value is -3.10. The Morgan fingerprint density at radius 1 is 0.967 bits per heavy atom. The molecule has 0 aliphatic carbocycles. The first-order valence-electron chi connectivity index (χ1n) is 9.08. The standard InChI is InChI=1S/C20H18Cl2N6O2/c1-12-9-13(2)27(23-12)19-8-7-14(10-17(19)22)30-11-15-16(21)5-4-6-18(15)28-20(29)26(3)24-25-28/h4-10H,11H2,1-3H3. The van der Waals surface area contributed by atoms with Crippen LogP contribution in [0.1, 0.15) is 17.0 Å². The number of tetrazole rings is 1. The molecule has 2 aromatic carbocycles. The topological polar surface area (TPSA) is 79.8 Å². The van der Waals surface area contributed by atoms with Crippen LogP contribution in [0.3, 0.4) is 0 Å². The van der Waals surface area contributed by atoms with E-state index in [1.165, 1.54) is 11.7 Å². The lowest BCUT2D eigenvalue weighted by molar-refractivity contribution is 0.305. The van der Waals surface area contributed by atoms with Gasteiger partial charge in [0, 0.05) is 29.4 Å². The van der Waals surface area contributed by atoms with Gasteiger partial charge in [-0.1, -0.05) is 29.3 Å². The van der Waals surface area contributed by atoms with Crippen molar-refractivity contribution in [2.75, 3.05) is 0 Å². The highest BCUT2D eigenvalue weighted by atomic mass is 35.5. The summed E-state index contributed by atoms with van der Waals surface area (Å²) in [6.45, 7) is 4.01. The molecule has 0 fully saturated rings. The fraction of sp³-hybridized carbons (Fsp3) is 0.200. The third-order valence-electron chi connectivity index (χ3n) is 4.58. The van der Waals surface area contributed by atoms with Crippen LogP contribution in [0.15, 0.2) is 47.3 Å². The first kappa shape index (κ1) is 20.2. The van der Waals surface area contributed by atoms with Gasteiger partial charge in [-0.25, -0.2) is 9.48 Å². The van der Waals surface area contributed by atoms with Crippen LogP contribution in [0.4, 0.5) is 0 Å². The molecule has 4 aromatic rings. The highest BCUT2D eigenvalue weighted by Gasteiger charge is 2.15. The highest BCUT2D eigenvalue weighted by Crippen LogP contribution is 2.29. The Labute approximate surface area is 182 Å². The molecular formula is C20H18Cl2N6O2. The van der Waals surface area contributed by atoms with E-state index in [1.54, 1.807) is 28.9 Å². The van der Waals surface area contributed by atoms with Crippen LogP contribution in [0.25, 0.3) is 11.4 Å². The zero-order valence-electron chi connectivity index (χ0n) is 16.5. The van der Waals surface area contributed by atoms with Crippen LogP contribution >= 0.6 is 23.2 Å². The average molecular weight is 445 g/mol. The maximum Gasteiger partial charge on any atom is 0.368 e. The van der Waals surface area contributed by atoms with Crippen LogP contribution in [0.2, 0.25) is 10.0 Å². The monoisotopic (exact) mass is 444 g/mol. The summed E-state index contributed by atoms with van der Waals surface area (Å²) in [4.78, 5) is 12.2. The van der Waals surface area contributed by atoms with E-state index in [0.717, 1.165) is 21.8 Å². The third kappa shape index (κ3) is 3.71. The van der Waals surface area contributed by atoms with Gasteiger partial charge in [0.2, 0.25) is 0 Å². The van der Waals surface area contributed by atoms with Gasteiger partial charge in [0.1, 0.15) is 12.4 Å². The van der Waals surface area contributed by atoms with Gasteiger partial charge in [0.15, 0.2) is 0 Å². The predicted molar refractivity (Wildman–Crippen MR) is 114 cm³/mol. The smallest absolute Gasteiger partial charge is 0.368 e. The summed E-state index contributed by atoms with van der Waals surface area (Å²) in [5.74, 6) is 0.558. The van der Waals surface area contributed by atoms with Crippen molar-refractivity contribution in [3.05, 3.63) is 79.9 Å². The van der Waals surface area contributed by atoms with Crippen LogP contribution < -0.4 is 10.4 Å². The number of aryl methyl sites for hydroxylation is 3. The van der Waals surface area contributed by atoms with Crippen LogP contribution in [0, 0.1) is 13.8 Å². The second-order valence-electron chi connectivity index (χ2n) is 6.78. The van der Waals surface area contributed by atoms with Gasteiger partial charge in [0.25, 0.3) is 0 Å². The Morgan fingerprint density at radius 2 is 1.77 bits per heavy atom. The minimum absolute atomic E-state index is 0.119. The molecular weight excluding hydrogens is 427 g/mol. The van der Waals surface area contributed by atoms with Crippen molar-refractivity contribution in [3.63, 3.8) is 0 Å². The fourth-order valence-electron chi connectivity index (χ4n) is 3.13. The summed E-state index contributed by atoms with van der Waals surface area (Å²) in [5.41, 5.74) is 3.40. The molecule has 154 valence electrons. The summed E-state index contributed by atoms with van der Waals surface area (Å²) in [6.07, 6.45) is 0. The molecule has 0 saturated heterocycles. The SMILES string of the molecule is Cc1cc(C)n(-c2ccc(OCc3c(Cl)cccc3-n3nnn(C)c3=O)cc2Cl)n1. The third-order valence-corrected chi connectivity index (χ3v) is 5.24. The summed E-state index contributed by atoms with van der Waals surface area (Å²) >= 11 is 12.8. The number of nitrogens with zero attached hydrogens (tertiary/aromatic N) is 6. The lowest BCUT2D eigenvalue weighted by Crippen LogP contribution is -2.23. The summed E-state index contributed by atoms with van der Waals surface area (Å²) in [7, 11) is 1.53. The van der Waals surface area contributed by atoms with E-state index in [0.29, 0.717) is 27.0 Å². The van der Waals surface area contributed by atoms with Crippen LogP contribution in [-0.2, 0) is 13.7 Å². The van der Waals surface area contributed by atoms with Gasteiger partial charge < -0.3 is 4.74 Å². The van der Waals surface area contributed by atoms with Crippen molar-refractivity contribution in [1.82, 2.24) is 29.6 Å². The molecule has 2 aromatic heterocycles. The van der Waals surface area contributed by atoms with Crippen molar-refractivity contribution in [3.8, 4) is 17.1 Å². The molecule has 0 bridgehead atoms. The molecule has 0 aliphatic rings. The van der Waals surface area contributed by atoms with E-state index >= 15 is 0 Å². The summed E-state index contributed by atoms with van der Waals surface area (Å²) < 4.78 is 10.0. The van der Waals surface area contributed by atoms with Gasteiger partial charge in [-0.2, -0.15) is 14.5 Å². The Bertz CT molecular complexity index is 1290. The van der Waals surface area contributed by atoms with E-state index in [2.05, 4.69) is 15.5 Å². The minimum atomic E-state index is -0.379. The first-order chi connectivity index (χ1) is 14.3. The minimum Gasteiger partial charge on any atom is -0.489 e. The Kier molecular flexibility index (Phi) is 5.36. The summed E-state index contributed by atoms with van der Waals surface area (Å²) in [6, 6.07) is 12.6. The molecule has 10 heteroatoms. The van der Waals surface area contributed by atoms with Crippen molar-refractivity contribution < 1.29 is 4.74 Å². The molecule has 0 saturated carbocycles. The number of halogens is 2. The zero-order valence-corrected chi connectivity index (χ0v) is 18.0. The largest absolute Gasteiger partial charge is 0.489 e. The number of rotatable bonds is 5. The molecule has 0 spiro atoms. The first-order valence-corrected chi connectivity index (χ1v) is 9.83. The van der Waals surface area contributed by atoms with Crippen molar-refractivity contribution in [2.24, 2.45) is 7.05 Å². The molecule has 0 atom stereocenters. The van der Waals surface area contributed by atoms with E-state index in [9.17, 15) is 4.79 Å². The van der Waals surface area contributed by atoms with Gasteiger partial charge in [-0.05, 0) is 54.6 Å². The van der Waals surface area contributed by atoms with E-state index in [-0.39, 0.29) is 12.3 Å². The zero-order chi connectivity index (χ0) is 21.4. The normalized spacial score (nSPS) is 11.1. The van der Waals surface area contributed by atoms with E-state index < -0.39 is 0 Å². The number of hydrogen-bond acceptors (Lipinski definition) is 5. The summed E-state index contributed by atoms with van der Waals surface area (Å²) in [5, 5.41) is 13.0. The predicted octanol–water partition coefficient (Wildman–Crippen LogP) is 3.65. The van der Waals surface area contributed by atoms with Crippen LogP contribution in [0.5, 0.6) is 5.75 Å². The maximum atomic E-state index is 12.2. The second kappa shape index (κ2) is 7.97. The second-order valence-corrected chi connectivity index (χ2v) is 7.59. The van der Waals surface area contributed by atoms with E-state index in [1.807, 2.05) is 32.0 Å². The van der Waals surface area contributed by atoms with Gasteiger partial charge in [0.05, 0.1) is 22.1 Å². The van der Waals surface area contributed by atoms with Gasteiger partial charge in [-0.3, -0.25) is 0 Å². The molecule has 0 unspecified atom stereocenters. The van der Waals surface area contributed by atoms with Crippen molar-refractivity contribution >= 4 is 23.2 Å².